The molecule has 2 aliphatic heterocycles. The van der Waals surface area contributed by atoms with Gasteiger partial charge in [-0.2, -0.15) is 0 Å². The van der Waals surface area contributed by atoms with Gasteiger partial charge >= 0.3 is 0 Å². The maximum absolute atomic E-state index is 11.3. The zero-order valence-corrected chi connectivity index (χ0v) is 16.3. The van der Waals surface area contributed by atoms with Gasteiger partial charge in [-0.05, 0) is 37.6 Å². The molecule has 0 radical (unpaired) electrons. The van der Waals surface area contributed by atoms with Crippen LogP contribution in [0.15, 0.2) is 36.4 Å². The van der Waals surface area contributed by atoms with Gasteiger partial charge in [-0.15, -0.1) is 0 Å². The van der Waals surface area contributed by atoms with E-state index in [9.17, 15) is 20.2 Å². The van der Waals surface area contributed by atoms with Crippen molar-refractivity contribution in [2.75, 3.05) is 19.1 Å². The quantitative estimate of drug-likeness (QED) is 0.568. The van der Waals surface area contributed by atoms with Gasteiger partial charge in [-0.1, -0.05) is 0 Å². The second-order valence-electron chi connectivity index (χ2n) is 7.60. The molecule has 29 heavy (non-hydrogen) atoms. The van der Waals surface area contributed by atoms with Gasteiger partial charge in [0.2, 0.25) is 5.72 Å². The molecular formula is C20H19N3O6. The molecule has 0 saturated carbocycles. The van der Waals surface area contributed by atoms with Crippen molar-refractivity contribution in [1.82, 2.24) is 0 Å². The number of fused-ring (bicyclic) bond motifs is 2. The molecule has 2 aromatic carbocycles. The minimum Gasteiger partial charge on any atom is -0.493 e. The van der Waals surface area contributed by atoms with E-state index in [2.05, 4.69) is 0 Å². The lowest BCUT2D eigenvalue weighted by molar-refractivity contribution is -0.385. The first-order valence-electron chi connectivity index (χ1n) is 8.90. The van der Waals surface area contributed by atoms with Crippen LogP contribution in [0, 0.1) is 20.2 Å². The van der Waals surface area contributed by atoms with Gasteiger partial charge in [0, 0.05) is 36.5 Å². The van der Waals surface area contributed by atoms with E-state index in [1.54, 1.807) is 18.2 Å². The van der Waals surface area contributed by atoms with E-state index in [-0.39, 0.29) is 17.1 Å². The molecule has 4 rings (SSSR count). The molecule has 150 valence electrons. The minimum atomic E-state index is -0.985. The van der Waals surface area contributed by atoms with E-state index < -0.39 is 21.0 Å². The van der Waals surface area contributed by atoms with Crippen LogP contribution >= 0.6 is 0 Å². The van der Waals surface area contributed by atoms with Crippen LogP contribution in [-0.2, 0) is 5.41 Å². The maximum Gasteiger partial charge on any atom is 0.274 e. The molecule has 0 fully saturated rings. The number of benzene rings is 2. The lowest BCUT2D eigenvalue weighted by Crippen LogP contribution is -2.58. The van der Waals surface area contributed by atoms with Crippen molar-refractivity contribution >= 4 is 23.1 Å². The predicted molar refractivity (Wildman–Crippen MR) is 107 cm³/mol. The molecular weight excluding hydrogens is 378 g/mol. The Morgan fingerprint density at radius 2 is 1.76 bits per heavy atom. The van der Waals surface area contributed by atoms with E-state index in [4.69, 9.17) is 9.47 Å². The molecule has 9 nitrogen and oxygen atoms in total. The zero-order valence-electron chi connectivity index (χ0n) is 16.3. The Kier molecular flexibility index (Phi) is 3.83. The van der Waals surface area contributed by atoms with Gasteiger partial charge in [-0.25, -0.2) is 0 Å². The number of nitro groups is 2. The Bertz CT molecular complexity index is 1090. The summed E-state index contributed by atoms with van der Waals surface area (Å²) in [4.78, 5) is 23.5. The first-order valence-corrected chi connectivity index (χ1v) is 8.90. The molecule has 2 aliphatic rings. The predicted octanol–water partition coefficient (Wildman–Crippen LogP) is 4.04. The van der Waals surface area contributed by atoms with E-state index in [1.807, 2.05) is 31.9 Å². The number of hydrogen-bond donors (Lipinski definition) is 0. The maximum atomic E-state index is 11.3. The molecule has 0 aliphatic carbocycles. The second-order valence-corrected chi connectivity index (χ2v) is 7.60. The van der Waals surface area contributed by atoms with Gasteiger partial charge in [0.25, 0.3) is 11.4 Å². The number of hydrogen-bond acceptors (Lipinski definition) is 7. The molecule has 0 aromatic heterocycles. The molecule has 1 atom stereocenters. The van der Waals surface area contributed by atoms with Crippen molar-refractivity contribution in [2.24, 2.45) is 0 Å². The summed E-state index contributed by atoms with van der Waals surface area (Å²) in [7, 11) is 3.28. The Hall–Kier alpha value is -3.62. The third-order valence-corrected chi connectivity index (χ3v) is 5.86. The first kappa shape index (κ1) is 18.7. The summed E-state index contributed by atoms with van der Waals surface area (Å²) in [6.45, 7) is 3.90. The molecule has 0 saturated heterocycles. The fourth-order valence-electron chi connectivity index (χ4n) is 4.23. The number of nitro benzene ring substituents is 2. The lowest BCUT2D eigenvalue weighted by Gasteiger charge is -2.45. The SMILES string of the molecule is COc1cc([N+](=O)[O-])cc2c1O[C@@]1(C=C2)N(C)c2ccc([N+](=O)[O-])cc2C1(C)C. The number of likely N-dealkylation sites (N-methyl/N-ethyl adjacent to an activating group) is 1. The summed E-state index contributed by atoms with van der Waals surface area (Å²) < 4.78 is 11.8. The molecule has 2 aromatic rings. The summed E-state index contributed by atoms with van der Waals surface area (Å²) >= 11 is 0. The first-order chi connectivity index (χ1) is 13.6. The normalized spacial score (nSPS) is 20.8. The molecule has 0 unspecified atom stereocenters. The number of rotatable bonds is 3. The van der Waals surface area contributed by atoms with Gasteiger partial charge in [-0.3, -0.25) is 20.2 Å². The standard InChI is InChI=1S/C20H19N3O6/c1-19(2)15-10-13(22(24)25)5-6-16(15)21(3)20(19)8-7-12-9-14(23(26)27)11-17(28-4)18(12)29-20/h5-11H,1-4H3/t20-/m1/s1. The molecule has 1 spiro atoms. The third kappa shape index (κ3) is 2.40. The highest BCUT2D eigenvalue weighted by atomic mass is 16.6. The molecule has 2 heterocycles. The number of non-ortho nitro benzene ring substituents is 2. The van der Waals surface area contributed by atoms with Crippen LogP contribution < -0.4 is 14.4 Å². The van der Waals surface area contributed by atoms with Crippen LogP contribution in [0.3, 0.4) is 0 Å². The Morgan fingerprint density at radius 1 is 1.07 bits per heavy atom. The molecule has 0 bridgehead atoms. The average Bonchev–Trinajstić information content (AvgIpc) is 2.85. The van der Waals surface area contributed by atoms with E-state index in [0.717, 1.165) is 11.3 Å². The fraction of sp³-hybridized carbons (Fsp3) is 0.300. The minimum absolute atomic E-state index is 0.00988. The number of methoxy groups -OCH3 is 1. The Labute approximate surface area is 166 Å². The zero-order chi connectivity index (χ0) is 21.1. The Balaban J connectivity index is 1.88. The van der Waals surface area contributed by atoms with Gasteiger partial charge in [0.1, 0.15) is 0 Å². The topological polar surface area (TPSA) is 108 Å². The van der Waals surface area contributed by atoms with E-state index in [1.165, 1.54) is 25.3 Å². The summed E-state index contributed by atoms with van der Waals surface area (Å²) in [6.07, 6.45) is 3.61. The molecule has 0 amide bonds. The molecule has 9 heteroatoms. The van der Waals surface area contributed by atoms with Crippen molar-refractivity contribution in [3.05, 3.63) is 67.8 Å². The van der Waals surface area contributed by atoms with Crippen LogP contribution in [0.5, 0.6) is 11.5 Å². The summed E-state index contributed by atoms with van der Waals surface area (Å²) in [5.41, 5.74) is 0.398. The summed E-state index contributed by atoms with van der Waals surface area (Å²) in [5, 5.41) is 22.5. The monoisotopic (exact) mass is 397 g/mol. The van der Waals surface area contributed by atoms with Crippen LogP contribution in [0.1, 0.15) is 25.0 Å². The smallest absolute Gasteiger partial charge is 0.274 e. The fourth-order valence-corrected chi connectivity index (χ4v) is 4.23. The van der Waals surface area contributed by atoms with Crippen LogP contribution in [-0.4, -0.2) is 29.7 Å². The second kappa shape index (κ2) is 5.94. The van der Waals surface area contributed by atoms with Crippen molar-refractivity contribution in [2.45, 2.75) is 25.0 Å². The van der Waals surface area contributed by atoms with Crippen LogP contribution in [0.4, 0.5) is 17.1 Å². The highest BCUT2D eigenvalue weighted by molar-refractivity contribution is 5.75. The number of ether oxygens (including phenoxy) is 2. The summed E-state index contributed by atoms with van der Waals surface area (Å²) in [6, 6.07) is 7.51. The van der Waals surface area contributed by atoms with Gasteiger partial charge in [0.05, 0.1) is 28.4 Å². The Morgan fingerprint density at radius 3 is 2.38 bits per heavy atom. The van der Waals surface area contributed by atoms with E-state index >= 15 is 0 Å². The molecule has 0 N–H and O–H groups in total. The highest BCUT2D eigenvalue weighted by Gasteiger charge is 2.58. The van der Waals surface area contributed by atoms with Gasteiger partial charge < -0.3 is 14.4 Å². The van der Waals surface area contributed by atoms with Crippen molar-refractivity contribution < 1.29 is 19.3 Å². The van der Waals surface area contributed by atoms with Crippen molar-refractivity contribution in [3.8, 4) is 11.5 Å². The largest absolute Gasteiger partial charge is 0.493 e. The van der Waals surface area contributed by atoms with Crippen LogP contribution in [0.25, 0.3) is 6.08 Å². The third-order valence-electron chi connectivity index (χ3n) is 5.86. The highest BCUT2D eigenvalue weighted by Crippen LogP contribution is 2.56. The van der Waals surface area contributed by atoms with Crippen LogP contribution in [0.2, 0.25) is 0 Å². The van der Waals surface area contributed by atoms with Crippen molar-refractivity contribution in [3.63, 3.8) is 0 Å². The lowest BCUT2D eigenvalue weighted by atomic mass is 9.76. The average molecular weight is 397 g/mol. The number of nitrogens with zero attached hydrogens (tertiary/aromatic N) is 3. The number of anilines is 1. The van der Waals surface area contributed by atoms with Crippen molar-refractivity contribution in [1.29, 1.82) is 0 Å². The van der Waals surface area contributed by atoms with Gasteiger partial charge in [0.15, 0.2) is 11.5 Å². The van der Waals surface area contributed by atoms with E-state index in [0.29, 0.717) is 11.3 Å². The summed E-state index contributed by atoms with van der Waals surface area (Å²) in [5.74, 6) is 0.645.